The van der Waals surface area contributed by atoms with Crippen LogP contribution in [-0.4, -0.2) is 33.4 Å². The standard InChI is InChI=1S/C14H19N3O/c1-10(2)16(4)14(18)9-17-11(3)15-12-7-5-6-8-13(12)17/h5-8,10H,9H2,1-4H3. The summed E-state index contributed by atoms with van der Waals surface area (Å²) < 4.78 is 1.97. The van der Waals surface area contributed by atoms with Crippen molar-refractivity contribution in [2.75, 3.05) is 7.05 Å². The number of hydrogen-bond donors (Lipinski definition) is 0. The predicted octanol–water partition coefficient (Wildman–Crippen LogP) is 2.21. The maximum Gasteiger partial charge on any atom is 0.242 e. The molecule has 1 heterocycles. The van der Waals surface area contributed by atoms with Crippen LogP contribution in [-0.2, 0) is 11.3 Å². The zero-order valence-electron chi connectivity index (χ0n) is 11.3. The van der Waals surface area contributed by atoms with E-state index in [0.717, 1.165) is 16.9 Å². The van der Waals surface area contributed by atoms with Gasteiger partial charge < -0.3 is 9.47 Å². The number of aryl methyl sites for hydroxylation is 1. The fourth-order valence-corrected chi connectivity index (χ4v) is 1.93. The number of nitrogens with zero attached hydrogens (tertiary/aromatic N) is 3. The molecule has 0 aliphatic rings. The van der Waals surface area contributed by atoms with Crippen molar-refractivity contribution >= 4 is 16.9 Å². The Hall–Kier alpha value is -1.84. The van der Waals surface area contributed by atoms with Crippen LogP contribution in [0.1, 0.15) is 19.7 Å². The number of benzene rings is 1. The van der Waals surface area contributed by atoms with Crippen LogP contribution in [0.15, 0.2) is 24.3 Å². The summed E-state index contributed by atoms with van der Waals surface area (Å²) in [6.07, 6.45) is 0. The fraction of sp³-hybridized carbons (Fsp3) is 0.429. The van der Waals surface area contributed by atoms with Crippen molar-refractivity contribution in [3.8, 4) is 0 Å². The lowest BCUT2D eigenvalue weighted by Gasteiger charge is -2.22. The van der Waals surface area contributed by atoms with E-state index in [1.807, 2.05) is 56.7 Å². The highest BCUT2D eigenvalue weighted by Gasteiger charge is 2.15. The van der Waals surface area contributed by atoms with Crippen molar-refractivity contribution in [2.45, 2.75) is 33.4 Å². The minimum atomic E-state index is 0.108. The van der Waals surface area contributed by atoms with Gasteiger partial charge in [0.1, 0.15) is 12.4 Å². The molecule has 0 bridgehead atoms. The third-order valence-electron chi connectivity index (χ3n) is 3.31. The Morgan fingerprint density at radius 1 is 1.39 bits per heavy atom. The summed E-state index contributed by atoms with van der Waals surface area (Å²) in [6.45, 7) is 6.30. The summed E-state index contributed by atoms with van der Waals surface area (Å²) in [5.41, 5.74) is 1.95. The number of fused-ring (bicyclic) bond motifs is 1. The molecule has 0 aliphatic heterocycles. The van der Waals surface area contributed by atoms with Gasteiger partial charge in [-0.1, -0.05) is 12.1 Å². The van der Waals surface area contributed by atoms with Gasteiger partial charge in [-0.05, 0) is 32.9 Å². The third kappa shape index (κ3) is 2.23. The van der Waals surface area contributed by atoms with Crippen molar-refractivity contribution < 1.29 is 4.79 Å². The van der Waals surface area contributed by atoms with Gasteiger partial charge in [0.2, 0.25) is 5.91 Å². The van der Waals surface area contributed by atoms with Crippen LogP contribution in [0.2, 0.25) is 0 Å². The molecule has 4 heteroatoms. The minimum Gasteiger partial charge on any atom is -0.342 e. The molecule has 2 aromatic rings. The van der Waals surface area contributed by atoms with Crippen molar-refractivity contribution in [3.05, 3.63) is 30.1 Å². The van der Waals surface area contributed by atoms with Crippen LogP contribution in [0.5, 0.6) is 0 Å². The average Bonchev–Trinajstić information content (AvgIpc) is 2.65. The summed E-state index contributed by atoms with van der Waals surface area (Å²) in [6, 6.07) is 8.11. The molecule has 0 aliphatic carbocycles. The van der Waals surface area contributed by atoms with Gasteiger partial charge in [0.05, 0.1) is 11.0 Å². The molecule has 4 nitrogen and oxygen atoms in total. The molecule has 0 radical (unpaired) electrons. The van der Waals surface area contributed by atoms with Gasteiger partial charge in [-0.3, -0.25) is 4.79 Å². The van der Waals surface area contributed by atoms with Crippen LogP contribution in [0, 0.1) is 6.92 Å². The van der Waals surface area contributed by atoms with Crippen LogP contribution in [0.3, 0.4) is 0 Å². The molecule has 1 amide bonds. The molecule has 0 atom stereocenters. The number of para-hydroxylation sites is 2. The van der Waals surface area contributed by atoms with E-state index in [4.69, 9.17) is 0 Å². The molecular weight excluding hydrogens is 226 g/mol. The lowest BCUT2D eigenvalue weighted by Crippen LogP contribution is -2.35. The van der Waals surface area contributed by atoms with Crippen LogP contribution in [0.4, 0.5) is 0 Å². The molecule has 2 rings (SSSR count). The Labute approximate surface area is 107 Å². The molecular formula is C14H19N3O. The molecule has 18 heavy (non-hydrogen) atoms. The normalized spacial score (nSPS) is 11.2. The zero-order valence-corrected chi connectivity index (χ0v) is 11.3. The smallest absolute Gasteiger partial charge is 0.242 e. The Morgan fingerprint density at radius 3 is 2.72 bits per heavy atom. The second-order valence-electron chi connectivity index (χ2n) is 4.83. The predicted molar refractivity (Wildman–Crippen MR) is 72.4 cm³/mol. The second kappa shape index (κ2) is 4.80. The SMILES string of the molecule is Cc1nc2ccccc2n1CC(=O)N(C)C(C)C. The highest BCUT2D eigenvalue weighted by atomic mass is 16.2. The fourth-order valence-electron chi connectivity index (χ4n) is 1.93. The molecule has 0 unspecified atom stereocenters. The Balaban J connectivity index is 2.32. The van der Waals surface area contributed by atoms with E-state index in [9.17, 15) is 4.79 Å². The van der Waals surface area contributed by atoms with E-state index in [0.29, 0.717) is 6.54 Å². The van der Waals surface area contributed by atoms with Crippen molar-refractivity contribution in [2.24, 2.45) is 0 Å². The summed E-state index contributed by atoms with van der Waals surface area (Å²) in [5, 5.41) is 0. The molecule has 0 N–H and O–H groups in total. The molecule has 1 aromatic carbocycles. The van der Waals surface area contributed by atoms with Crippen LogP contribution in [0.25, 0.3) is 11.0 Å². The lowest BCUT2D eigenvalue weighted by atomic mass is 10.3. The number of imidazole rings is 1. The quantitative estimate of drug-likeness (QED) is 0.831. The third-order valence-corrected chi connectivity index (χ3v) is 3.31. The first kappa shape index (κ1) is 12.6. The Morgan fingerprint density at radius 2 is 2.06 bits per heavy atom. The van der Waals surface area contributed by atoms with Gasteiger partial charge >= 0.3 is 0 Å². The van der Waals surface area contributed by atoms with Gasteiger partial charge in [0, 0.05) is 13.1 Å². The Kier molecular flexibility index (Phi) is 3.36. The van der Waals surface area contributed by atoms with Gasteiger partial charge in [-0.25, -0.2) is 4.98 Å². The van der Waals surface area contributed by atoms with Gasteiger partial charge in [-0.2, -0.15) is 0 Å². The topological polar surface area (TPSA) is 38.1 Å². The van der Waals surface area contributed by atoms with Gasteiger partial charge in [0.25, 0.3) is 0 Å². The van der Waals surface area contributed by atoms with E-state index < -0.39 is 0 Å². The number of rotatable bonds is 3. The molecule has 1 aromatic heterocycles. The van der Waals surface area contributed by atoms with Gasteiger partial charge in [-0.15, -0.1) is 0 Å². The number of likely N-dealkylation sites (N-methyl/N-ethyl adjacent to an activating group) is 1. The molecule has 96 valence electrons. The monoisotopic (exact) mass is 245 g/mol. The maximum atomic E-state index is 12.1. The largest absolute Gasteiger partial charge is 0.342 e. The molecule has 0 saturated carbocycles. The van der Waals surface area contributed by atoms with Crippen molar-refractivity contribution in [3.63, 3.8) is 0 Å². The lowest BCUT2D eigenvalue weighted by molar-refractivity contribution is -0.131. The zero-order chi connectivity index (χ0) is 13.3. The van der Waals surface area contributed by atoms with Crippen LogP contribution < -0.4 is 0 Å². The van der Waals surface area contributed by atoms with E-state index in [2.05, 4.69) is 4.98 Å². The van der Waals surface area contributed by atoms with Gasteiger partial charge in [0.15, 0.2) is 0 Å². The first-order valence-electron chi connectivity index (χ1n) is 6.18. The first-order valence-corrected chi connectivity index (χ1v) is 6.18. The molecule has 0 fully saturated rings. The first-order chi connectivity index (χ1) is 8.50. The number of hydrogen-bond acceptors (Lipinski definition) is 2. The summed E-state index contributed by atoms with van der Waals surface area (Å²) in [7, 11) is 1.83. The average molecular weight is 245 g/mol. The molecule has 0 saturated heterocycles. The van der Waals surface area contributed by atoms with Crippen molar-refractivity contribution in [1.82, 2.24) is 14.5 Å². The van der Waals surface area contributed by atoms with Crippen LogP contribution >= 0.6 is 0 Å². The van der Waals surface area contributed by atoms with Crippen molar-refractivity contribution in [1.29, 1.82) is 0 Å². The summed E-state index contributed by atoms with van der Waals surface area (Å²) in [5.74, 6) is 0.984. The number of carbonyl (C=O) groups excluding carboxylic acids is 1. The van der Waals surface area contributed by atoms with E-state index in [-0.39, 0.29) is 11.9 Å². The van der Waals surface area contributed by atoms with E-state index in [1.165, 1.54) is 0 Å². The Bertz CT molecular complexity index is 571. The number of aromatic nitrogens is 2. The summed E-state index contributed by atoms with van der Waals surface area (Å²) in [4.78, 5) is 18.3. The minimum absolute atomic E-state index is 0.108. The van der Waals surface area contributed by atoms with E-state index >= 15 is 0 Å². The van der Waals surface area contributed by atoms with E-state index in [1.54, 1.807) is 4.90 Å². The molecule has 0 spiro atoms. The second-order valence-corrected chi connectivity index (χ2v) is 4.83. The maximum absolute atomic E-state index is 12.1. The highest BCUT2D eigenvalue weighted by molar-refractivity contribution is 5.81. The summed E-state index contributed by atoms with van der Waals surface area (Å²) >= 11 is 0. The highest BCUT2D eigenvalue weighted by Crippen LogP contribution is 2.15. The number of amides is 1. The number of carbonyl (C=O) groups is 1.